The first-order chi connectivity index (χ1) is 13.2. The Morgan fingerprint density at radius 3 is 2.70 bits per heavy atom. The van der Waals surface area contributed by atoms with E-state index in [1.807, 2.05) is 30.3 Å². The topological polar surface area (TPSA) is 75.6 Å². The number of pyridine rings is 1. The lowest BCUT2D eigenvalue weighted by Gasteiger charge is -2.13. The number of aryl methyl sites for hydroxylation is 2. The zero-order valence-corrected chi connectivity index (χ0v) is 15.3. The molecule has 27 heavy (non-hydrogen) atoms. The van der Waals surface area contributed by atoms with Gasteiger partial charge in [0.15, 0.2) is 5.82 Å². The summed E-state index contributed by atoms with van der Waals surface area (Å²) in [5, 5.41) is 15.9. The Balaban J connectivity index is 1.64. The Morgan fingerprint density at radius 1 is 0.963 bits per heavy atom. The Morgan fingerprint density at radius 2 is 1.81 bits per heavy atom. The van der Waals surface area contributed by atoms with Gasteiger partial charge in [-0.15, -0.1) is 5.10 Å². The van der Waals surface area contributed by atoms with Crippen LogP contribution in [0.3, 0.4) is 0 Å². The highest BCUT2D eigenvalue weighted by Crippen LogP contribution is 2.26. The molecule has 4 aromatic rings. The highest BCUT2D eigenvalue weighted by atomic mass is 15.3. The largest absolute Gasteiger partial charge is 0.337 e. The third-order valence-electron chi connectivity index (χ3n) is 4.43. The molecule has 0 radical (unpaired) electrons. The molecule has 0 bridgehead atoms. The quantitative estimate of drug-likeness (QED) is 0.536. The first-order valence-electron chi connectivity index (χ1n) is 8.90. The molecule has 2 aromatic carbocycles. The third-order valence-corrected chi connectivity index (χ3v) is 4.43. The van der Waals surface area contributed by atoms with Crippen LogP contribution in [0.2, 0.25) is 0 Å². The number of hydrogen-bond donors (Lipinski definition) is 2. The fourth-order valence-electron chi connectivity index (χ4n) is 3.07. The average molecular weight is 356 g/mol. The molecule has 0 saturated carbocycles. The molecule has 6 heteroatoms. The highest BCUT2D eigenvalue weighted by molar-refractivity contribution is 5.91. The summed E-state index contributed by atoms with van der Waals surface area (Å²) >= 11 is 0. The van der Waals surface area contributed by atoms with Crippen LogP contribution in [0, 0.1) is 6.92 Å². The fraction of sp³-hybridized carbons (Fsp3) is 0.143. The summed E-state index contributed by atoms with van der Waals surface area (Å²) in [4.78, 5) is 9.02. The molecule has 2 aromatic heterocycles. The van der Waals surface area contributed by atoms with Gasteiger partial charge in [0.1, 0.15) is 0 Å². The molecule has 0 aliphatic heterocycles. The molecule has 0 fully saturated rings. The zero-order chi connectivity index (χ0) is 18.6. The molecule has 134 valence electrons. The molecule has 0 atom stereocenters. The van der Waals surface area contributed by atoms with Gasteiger partial charge in [0.2, 0.25) is 5.95 Å². The van der Waals surface area contributed by atoms with Gasteiger partial charge >= 0.3 is 0 Å². The molecule has 4 rings (SSSR count). The zero-order valence-electron chi connectivity index (χ0n) is 15.3. The van der Waals surface area contributed by atoms with Crippen LogP contribution in [0.25, 0.3) is 10.9 Å². The number of nitrogens with zero attached hydrogens (tertiary/aromatic N) is 4. The maximum atomic E-state index is 4.56. The van der Waals surface area contributed by atoms with E-state index in [2.05, 4.69) is 62.8 Å². The monoisotopic (exact) mass is 356 g/mol. The van der Waals surface area contributed by atoms with Gasteiger partial charge in [0.05, 0.1) is 17.4 Å². The van der Waals surface area contributed by atoms with E-state index in [4.69, 9.17) is 0 Å². The normalized spacial score (nSPS) is 10.7. The summed E-state index contributed by atoms with van der Waals surface area (Å²) in [6, 6.07) is 16.2. The summed E-state index contributed by atoms with van der Waals surface area (Å²) in [6.07, 6.45) is 4.31. The minimum Gasteiger partial charge on any atom is -0.337 e. The van der Waals surface area contributed by atoms with Gasteiger partial charge < -0.3 is 10.6 Å². The van der Waals surface area contributed by atoms with Crippen LogP contribution in [0.15, 0.2) is 60.9 Å². The SMILES string of the molecule is CCc1cccc(C)c1Nc1nncc(Nc2cccc3cccnc23)n1. The molecule has 2 heterocycles. The van der Waals surface area contributed by atoms with Gasteiger partial charge in [0.25, 0.3) is 0 Å². The molecular weight excluding hydrogens is 336 g/mol. The number of para-hydroxylation sites is 2. The van der Waals surface area contributed by atoms with E-state index in [0.717, 1.165) is 34.3 Å². The smallest absolute Gasteiger partial charge is 0.249 e. The lowest BCUT2D eigenvalue weighted by Crippen LogP contribution is -2.05. The van der Waals surface area contributed by atoms with Crippen molar-refractivity contribution in [2.45, 2.75) is 20.3 Å². The van der Waals surface area contributed by atoms with Gasteiger partial charge in [0, 0.05) is 17.3 Å². The number of benzene rings is 2. The number of fused-ring (bicyclic) bond motifs is 1. The fourth-order valence-corrected chi connectivity index (χ4v) is 3.07. The van der Waals surface area contributed by atoms with Crippen molar-refractivity contribution in [3.05, 3.63) is 72.1 Å². The number of anilines is 4. The molecule has 0 aliphatic rings. The predicted molar refractivity (Wildman–Crippen MR) is 109 cm³/mol. The van der Waals surface area contributed by atoms with E-state index in [1.54, 1.807) is 12.4 Å². The van der Waals surface area contributed by atoms with Gasteiger partial charge in [-0.05, 0) is 36.6 Å². The van der Waals surface area contributed by atoms with E-state index in [9.17, 15) is 0 Å². The molecule has 6 nitrogen and oxygen atoms in total. The van der Waals surface area contributed by atoms with E-state index in [-0.39, 0.29) is 0 Å². The molecule has 0 unspecified atom stereocenters. The molecule has 0 aliphatic carbocycles. The number of hydrogen-bond acceptors (Lipinski definition) is 6. The lowest BCUT2D eigenvalue weighted by molar-refractivity contribution is 0.979. The molecule has 0 spiro atoms. The second-order valence-corrected chi connectivity index (χ2v) is 6.26. The van der Waals surface area contributed by atoms with Crippen molar-refractivity contribution >= 4 is 34.0 Å². The van der Waals surface area contributed by atoms with Gasteiger partial charge in [-0.1, -0.05) is 43.3 Å². The van der Waals surface area contributed by atoms with Gasteiger partial charge in [-0.2, -0.15) is 10.1 Å². The van der Waals surface area contributed by atoms with Crippen molar-refractivity contribution in [2.75, 3.05) is 10.6 Å². The minimum absolute atomic E-state index is 0.456. The Hall–Kier alpha value is -3.54. The Kier molecular flexibility index (Phi) is 4.61. The van der Waals surface area contributed by atoms with E-state index in [1.165, 1.54) is 5.56 Å². The second-order valence-electron chi connectivity index (χ2n) is 6.26. The first kappa shape index (κ1) is 16.9. The predicted octanol–water partition coefficient (Wildman–Crippen LogP) is 4.78. The van der Waals surface area contributed by atoms with Crippen molar-refractivity contribution in [2.24, 2.45) is 0 Å². The van der Waals surface area contributed by atoms with E-state index < -0.39 is 0 Å². The summed E-state index contributed by atoms with van der Waals surface area (Å²) in [6.45, 7) is 4.20. The van der Waals surface area contributed by atoms with Crippen molar-refractivity contribution in [1.82, 2.24) is 20.2 Å². The second kappa shape index (κ2) is 7.37. The van der Waals surface area contributed by atoms with Crippen LogP contribution in [-0.4, -0.2) is 20.2 Å². The standard InChI is InChI=1S/C21H20N6/c1-3-15-8-4-7-14(2)19(15)26-21-25-18(13-23-27-21)24-17-11-5-9-16-10-6-12-22-20(16)17/h4-13H,3H2,1-2H3,(H2,24,25,26,27). The lowest BCUT2D eigenvalue weighted by atomic mass is 10.1. The van der Waals surface area contributed by atoms with Crippen molar-refractivity contribution in [3.8, 4) is 0 Å². The molecule has 0 amide bonds. The maximum Gasteiger partial charge on any atom is 0.249 e. The van der Waals surface area contributed by atoms with Crippen molar-refractivity contribution in [3.63, 3.8) is 0 Å². The molecule has 2 N–H and O–H groups in total. The van der Waals surface area contributed by atoms with Crippen molar-refractivity contribution < 1.29 is 0 Å². The number of aromatic nitrogens is 4. The Bertz CT molecular complexity index is 1090. The summed E-state index contributed by atoms with van der Waals surface area (Å²) in [5.74, 6) is 1.06. The Labute approximate surface area is 157 Å². The van der Waals surface area contributed by atoms with Crippen LogP contribution in [-0.2, 0) is 6.42 Å². The summed E-state index contributed by atoms with van der Waals surface area (Å²) < 4.78 is 0. The summed E-state index contributed by atoms with van der Waals surface area (Å²) in [5.41, 5.74) is 5.17. The van der Waals surface area contributed by atoms with Crippen LogP contribution < -0.4 is 10.6 Å². The summed E-state index contributed by atoms with van der Waals surface area (Å²) in [7, 11) is 0. The number of nitrogens with one attached hydrogen (secondary N) is 2. The first-order valence-corrected chi connectivity index (χ1v) is 8.90. The van der Waals surface area contributed by atoms with Crippen LogP contribution in [0.4, 0.5) is 23.1 Å². The average Bonchev–Trinajstić information content (AvgIpc) is 2.70. The van der Waals surface area contributed by atoms with Gasteiger partial charge in [-0.25, -0.2) is 0 Å². The van der Waals surface area contributed by atoms with Crippen LogP contribution >= 0.6 is 0 Å². The number of rotatable bonds is 5. The van der Waals surface area contributed by atoms with Crippen molar-refractivity contribution in [1.29, 1.82) is 0 Å². The van der Waals surface area contributed by atoms with E-state index >= 15 is 0 Å². The molecular formula is C21H20N6. The van der Waals surface area contributed by atoms with E-state index in [0.29, 0.717) is 11.8 Å². The molecule has 0 saturated heterocycles. The highest BCUT2D eigenvalue weighted by Gasteiger charge is 2.09. The minimum atomic E-state index is 0.456. The third kappa shape index (κ3) is 3.55. The van der Waals surface area contributed by atoms with Crippen LogP contribution in [0.1, 0.15) is 18.1 Å². The van der Waals surface area contributed by atoms with Crippen LogP contribution in [0.5, 0.6) is 0 Å². The van der Waals surface area contributed by atoms with Gasteiger partial charge in [-0.3, -0.25) is 4.98 Å². The maximum absolute atomic E-state index is 4.56.